The van der Waals surface area contributed by atoms with Gasteiger partial charge in [-0.1, -0.05) is 47.6 Å². The molecule has 0 aliphatic carbocycles. The van der Waals surface area contributed by atoms with Gasteiger partial charge in [0.05, 0.1) is 22.2 Å². The number of urea groups is 1. The number of carbonyl (C=O) groups excluding carboxylic acids is 2. The molecule has 2 N–H and O–H groups in total. The molecule has 166 valence electrons. The lowest BCUT2D eigenvalue weighted by Crippen LogP contribution is -2.35. The second-order valence-electron chi connectivity index (χ2n) is 7.03. The van der Waals surface area contributed by atoms with Crippen LogP contribution in [0.4, 0.5) is 20.8 Å². The molecule has 4 rings (SSSR count). The molecule has 8 nitrogen and oxygen atoms in total. The molecule has 1 saturated heterocycles. The number of imide groups is 1. The van der Waals surface area contributed by atoms with Crippen molar-refractivity contribution in [3.05, 3.63) is 59.4 Å². The van der Waals surface area contributed by atoms with Crippen LogP contribution in [0.5, 0.6) is 0 Å². The van der Waals surface area contributed by atoms with Crippen molar-refractivity contribution in [1.82, 2.24) is 20.1 Å². The standard InChI is InChI=1S/C21H20ClFN6O2S/c22-14-7-1-4-10-17(14)29-20(28-11-5-6-12-28)26-27-21(29)32-13-18(30)25-19(31)24-16-9-3-2-8-15(16)23/h1-4,7-10H,5-6,11-13H2,(H2,24,25,30,31). The first-order chi connectivity index (χ1) is 15.5. The Kier molecular flexibility index (Phi) is 6.91. The van der Waals surface area contributed by atoms with Gasteiger partial charge in [-0.25, -0.2) is 9.18 Å². The number of benzene rings is 2. The minimum absolute atomic E-state index is 0.0147. The van der Waals surface area contributed by atoms with E-state index < -0.39 is 17.8 Å². The number of anilines is 2. The molecule has 0 saturated carbocycles. The van der Waals surface area contributed by atoms with Crippen molar-refractivity contribution in [1.29, 1.82) is 0 Å². The van der Waals surface area contributed by atoms with Gasteiger partial charge in [0, 0.05) is 13.1 Å². The van der Waals surface area contributed by atoms with Crippen molar-refractivity contribution in [2.24, 2.45) is 0 Å². The molecule has 2 heterocycles. The third-order valence-electron chi connectivity index (χ3n) is 4.81. The predicted molar refractivity (Wildman–Crippen MR) is 122 cm³/mol. The fraction of sp³-hybridized carbons (Fsp3) is 0.238. The Morgan fingerprint density at radius 1 is 1.06 bits per heavy atom. The molecule has 0 bridgehead atoms. The van der Waals surface area contributed by atoms with Crippen molar-refractivity contribution in [2.45, 2.75) is 18.0 Å². The third kappa shape index (κ3) is 5.03. The number of amides is 3. The molecule has 1 aromatic heterocycles. The normalized spacial score (nSPS) is 13.2. The van der Waals surface area contributed by atoms with Crippen LogP contribution in [0.15, 0.2) is 53.7 Å². The lowest BCUT2D eigenvalue weighted by molar-refractivity contribution is -0.117. The zero-order chi connectivity index (χ0) is 22.5. The van der Waals surface area contributed by atoms with Crippen LogP contribution < -0.4 is 15.5 Å². The molecule has 3 aromatic rings. The molecule has 0 unspecified atom stereocenters. The summed E-state index contributed by atoms with van der Waals surface area (Å²) >= 11 is 7.55. The molecule has 1 aliphatic rings. The lowest BCUT2D eigenvalue weighted by Gasteiger charge is -2.19. The maximum Gasteiger partial charge on any atom is 0.325 e. The zero-order valence-electron chi connectivity index (χ0n) is 16.9. The first-order valence-electron chi connectivity index (χ1n) is 9.96. The third-order valence-corrected chi connectivity index (χ3v) is 6.05. The number of nitrogens with one attached hydrogen (secondary N) is 2. The average Bonchev–Trinajstić information content (AvgIpc) is 3.44. The zero-order valence-corrected chi connectivity index (χ0v) is 18.5. The SMILES string of the molecule is O=C(CSc1nnc(N2CCCC2)n1-c1ccccc1Cl)NC(=O)Nc1ccccc1F. The van der Waals surface area contributed by atoms with E-state index in [1.165, 1.54) is 18.2 Å². The van der Waals surface area contributed by atoms with Gasteiger partial charge in [-0.15, -0.1) is 10.2 Å². The summed E-state index contributed by atoms with van der Waals surface area (Å²) in [5.41, 5.74) is 0.695. The van der Waals surface area contributed by atoms with Gasteiger partial charge in [0.25, 0.3) is 0 Å². The average molecular weight is 475 g/mol. The van der Waals surface area contributed by atoms with E-state index in [0.717, 1.165) is 37.7 Å². The highest BCUT2D eigenvalue weighted by molar-refractivity contribution is 7.99. The second kappa shape index (κ2) is 10.0. The summed E-state index contributed by atoms with van der Waals surface area (Å²) < 4.78 is 15.5. The molecule has 0 spiro atoms. The van der Waals surface area contributed by atoms with E-state index in [1.807, 2.05) is 22.8 Å². The summed E-state index contributed by atoms with van der Waals surface area (Å²) in [4.78, 5) is 26.4. The largest absolute Gasteiger partial charge is 0.341 e. The van der Waals surface area contributed by atoms with E-state index in [4.69, 9.17) is 11.6 Å². The van der Waals surface area contributed by atoms with Crippen molar-refractivity contribution >= 4 is 46.9 Å². The number of nitrogens with zero attached hydrogens (tertiary/aromatic N) is 4. The van der Waals surface area contributed by atoms with E-state index in [2.05, 4.69) is 25.7 Å². The Bertz CT molecular complexity index is 1130. The fourth-order valence-corrected chi connectivity index (χ4v) is 4.29. The Morgan fingerprint density at radius 3 is 2.53 bits per heavy atom. The molecule has 3 amide bonds. The summed E-state index contributed by atoms with van der Waals surface area (Å²) in [5, 5.41) is 14.1. The first kappa shape index (κ1) is 22.1. The molecule has 0 atom stereocenters. The highest BCUT2D eigenvalue weighted by Gasteiger charge is 2.24. The number of carbonyl (C=O) groups is 2. The van der Waals surface area contributed by atoms with Gasteiger partial charge in [0.2, 0.25) is 11.9 Å². The van der Waals surface area contributed by atoms with Crippen LogP contribution in [0.25, 0.3) is 5.69 Å². The smallest absolute Gasteiger partial charge is 0.325 e. The van der Waals surface area contributed by atoms with E-state index in [1.54, 1.807) is 12.1 Å². The summed E-state index contributed by atoms with van der Waals surface area (Å²) in [5.74, 6) is -0.573. The van der Waals surface area contributed by atoms with Gasteiger partial charge in [-0.05, 0) is 37.1 Å². The minimum Gasteiger partial charge on any atom is -0.341 e. The highest BCUT2D eigenvalue weighted by Crippen LogP contribution is 2.31. The van der Waals surface area contributed by atoms with Gasteiger partial charge >= 0.3 is 6.03 Å². The second-order valence-corrected chi connectivity index (χ2v) is 8.38. The molecule has 1 aliphatic heterocycles. The first-order valence-corrected chi connectivity index (χ1v) is 11.3. The molecular weight excluding hydrogens is 455 g/mol. The van der Waals surface area contributed by atoms with Crippen LogP contribution in [0.3, 0.4) is 0 Å². The number of rotatable bonds is 6. The summed E-state index contributed by atoms with van der Waals surface area (Å²) in [6.07, 6.45) is 2.13. The number of hydrogen-bond donors (Lipinski definition) is 2. The number of aromatic nitrogens is 3. The molecule has 2 aromatic carbocycles. The predicted octanol–water partition coefficient (Wildman–Crippen LogP) is 4.10. The van der Waals surface area contributed by atoms with Gasteiger partial charge in [0.1, 0.15) is 5.82 Å². The van der Waals surface area contributed by atoms with Crippen LogP contribution in [-0.4, -0.2) is 45.5 Å². The summed E-state index contributed by atoms with van der Waals surface area (Å²) in [6.45, 7) is 1.73. The fourth-order valence-electron chi connectivity index (χ4n) is 3.33. The monoisotopic (exact) mass is 474 g/mol. The maximum atomic E-state index is 13.7. The molecular formula is C21H20ClFN6O2S. The van der Waals surface area contributed by atoms with Crippen LogP contribution in [0, 0.1) is 5.82 Å². The minimum atomic E-state index is -0.814. The number of hydrogen-bond acceptors (Lipinski definition) is 6. The van der Waals surface area contributed by atoms with Crippen LogP contribution >= 0.6 is 23.4 Å². The highest BCUT2D eigenvalue weighted by atomic mass is 35.5. The number of thioether (sulfide) groups is 1. The number of halogens is 2. The van der Waals surface area contributed by atoms with Crippen molar-refractivity contribution in [3.8, 4) is 5.69 Å². The Balaban J connectivity index is 1.46. The van der Waals surface area contributed by atoms with E-state index >= 15 is 0 Å². The van der Waals surface area contributed by atoms with E-state index in [9.17, 15) is 14.0 Å². The van der Waals surface area contributed by atoms with Crippen molar-refractivity contribution in [3.63, 3.8) is 0 Å². The van der Waals surface area contributed by atoms with E-state index in [0.29, 0.717) is 21.8 Å². The molecule has 32 heavy (non-hydrogen) atoms. The molecule has 0 radical (unpaired) electrons. The van der Waals surface area contributed by atoms with Crippen LogP contribution in [0.2, 0.25) is 5.02 Å². The van der Waals surface area contributed by atoms with Gasteiger partial charge in [-0.3, -0.25) is 14.7 Å². The van der Waals surface area contributed by atoms with Gasteiger partial charge < -0.3 is 10.2 Å². The lowest BCUT2D eigenvalue weighted by atomic mass is 10.3. The quantitative estimate of drug-likeness (QED) is 0.522. The van der Waals surface area contributed by atoms with E-state index in [-0.39, 0.29) is 11.4 Å². The molecule has 11 heteroatoms. The Labute approximate surface area is 193 Å². The topological polar surface area (TPSA) is 92.2 Å². The van der Waals surface area contributed by atoms with Gasteiger partial charge in [0.15, 0.2) is 5.16 Å². The van der Waals surface area contributed by atoms with Gasteiger partial charge in [-0.2, -0.15) is 0 Å². The van der Waals surface area contributed by atoms with Crippen molar-refractivity contribution in [2.75, 3.05) is 29.1 Å². The van der Waals surface area contributed by atoms with Crippen LogP contribution in [-0.2, 0) is 4.79 Å². The number of para-hydroxylation sites is 2. The van der Waals surface area contributed by atoms with Crippen LogP contribution in [0.1, 0.15) is 12.8 Å². The molecule has 1 fully saturated rings. The summed E-state index contributed by atoms with van der Waals surface area (Å²) in [6, 6.07) is 12.2. The Hall–Kier alpha value is -3.11. The summed E-state index contributed by atoms with van der Waals surface area (Å²) in [7, 11) is 0. The van der Waals surface area contributed by atoms with Crippen molar-refractivity contribution < 1.29 is 14.0 Å². The maximum absolute atomic E-state index is 13.7. The Morgan fingerprint density at radius 2 is 1.78 bits per heavy atom.